The van der Waals surface area contributed by atoms with Crippen molar-refractivity contribution >= 4 is 56.9 Å². The Hall–Kier alpha value is -3.78. The van der Waals surface area contributed by atoms with E-state index in [1.807, 2.05) is 60.7 Å². The van der Waals surface area contributed by atoms with Gasteiger partial charge in [-0.05, 0) is 46.0 Å². The third-order valence-corrected chi connectivity index (χ3v) is 22.0. The Labute approximate surface area is 283 Å². The second kappa shape index (κ2) is 14.8. The normalized spacial score (nSPS) is 14.4. The highest BCUT2D eigenvalue weighted by atomic mass is 32.5. The average molecular weight is 675 g/mol. The molecule has 0 aliphatic rings. The molecular formula is C40H36O2P2S2. The Morgan fingerprint density at radius 3 is 1.11 bits per heavy atom. The molecule has 6 aromatic carbocycles. The smallest absolute Gasteiger partial charge is 0.128 e. The van der Waals surface area contributed by atoms with Crippen molar-refractivity contribution in [2.75, 3.05) is 0 Å². The van der Waals surface area contributed by atoms with Gasteiger partial charge in [-0.2, -0.15) is 0 Å². The summed E-state index contributed by atoms with van der Waals surface area (Å²) in [6, 6.07) is 53.0. The van der Waals surface area contributed by atoms with Gasteiger partial charge in [0.1, 0.15) is 24.7 Å². The van der Waals surface area contributed by atoms with Crippen LogP contribution in [0, 0.1) is 0 Å². The fourth-order valence-electron chi connectivity index (χ4n) is 5.82. The highest BCUT2D eigenvalue weighted by molar-refractivity contribution is 8.32. The molecule has 2 unspecified atom stereocenters. The molecule has 0 aromatic heterocycles. The molecular weight excluding hydrogens is 639 g/mol. The lowest BCUT2D eigenvalue weighted by Gasteiger charge is -2.39. The maximum atomic E-state index is 7.06. The number of para-hydroxylation sites is 2. The summed E-state index contributed by atoms with van der Waals surface area (Å²) in [7, 11) is 0. The Bertz CT molecular complexity index is 1820. The summed E-state index contributed by atoms with van der Waals surface area (Å²) in [6.07, 6.45) is 0. The second-order valence-corrected chi connectivity index (χ2v) is 21.1. The molecule has 2 atom stereocenters. The summed E-state index contributed by atoms with van der Waals surface area (Å²) < 4.78 is 13.2. The SMILES string of the molecule is CC(P(=S)(c1ccccc1)c1ccccc1OCc1ccccc1)P(=S)(c1ccccc1)c1ccccc1OCc1ccccc1. The van der Waals surface area contributed by atoms with Crippen LogP contribution < -0.4 is 30.7 Å². The van der Waals surface area contributed by atoms with Crippen molar-refractivity contribution in [3.05, 3.63) is 181 Å². The standard InChI is InChI=1S/C40H36O2P2S2/c1-32(43(45,35-22-10-4-11-23-35)39-28-16-14-26-37(39)41-30-33-18-6-2-7-19-33)44(46,36-24-12-5-13-25-36)40-29-17-15-27-38(40)42-31-34-20-8-3-9-21-34/h2-29,32H,30-31H2,1H3. The molecule has 0 saturated carbocycles. The first-order chi connectivity index (χ1) is 22.5. The van der Waals surface area contributed by atoms with Crippen LogP contribution in [0.2, 0.25) is 0 Å². The van der Waals surface area contributed by atoms with Crippen LogP contribution in [0.3, 0.4) is 0 Å². The van der Waals surface area contributed by atoms with Crippen LogP contribution in [0.4, 0.5) is 0 Å². The zero-order valence-electron chi connectivity index (χ0n) is 25.7. The molecule has 6 rings (SSSR count). The van der Waals surface area contributed by atoms with Gasteiger partial charge in [0.25, 0.3) is 0 Å². The van der Waals surface area contributed by atoms with E-state index in [9.17, 15) is 0 Å². The summed E-state index contributed by atoms with van der Waals surface area (Å²) in [5.74, 6) is 1.63. The van der Waals surface area contributed by atoms with E-state index in [4.69, 9.17) is 33.1 Å². The molecule has 0 bridgehead atoms. The predicted molar refractivity (Wildman–Crippen MR) is 204 cm³/mol. The topological polar surface area (TPSA) is 18.5 Å². The van der Waals surface area contributed by atoms with E-state index in [1.165, 1.54) is 0 Å². The highest BCUT2D eigenvalue weighted by Crippen LogP contribution is 2.67. The first kappa shape index (κ1) is 32.2. The fourth-order valence-corrected chi connectivity index (χ4v) is 18.9. The quantitative estimate of drug-likeness (QED) is 0.121. The first-order valence-corrected chi connectivity index (χ1v) is 21.1. The van der Waals surface area contributed by atoms with Gasteiger partial charge in [0.05, 0.1) is 0 Å². The Balaban J connectivity index is 1.51. The van der Waals surface area contributed by atoms with Gasteiger partial charge in [-0.1, -0.05) is 176 Å². The van der Waals surface area contributed by atoms with Gasteiger partial charge in [0, 0.05) is 28.1 Å². The first-order valence-electron chi connectivity index (χ1n) is 15.3. The molecule has 46 heavy (non-hydrogen) atoms. The minimum atomic E-state index is -2.63. The number of hydrogen-bond acceptors (Lipinski definition) is 4. The molecule has 0 spiro atoms. The summed E-state index contributed by atoms with van der Waals surface area (Å²) in [4.78, 5) is 0. The van der Waals surface area contributed by atoms with Crippen LogP contribution in [-0.2, 0) is 36.8 Å². The zero-order chi connectivity index (χ0) is 31.8. The number of benzene rings is 6. The van der Waals surface area contributed by atoms with E-state index < -0.39 is 12.1 Å². The molecule has 0 amide bonds. The minimum Gasteiger partial charge on any atom is -0.488 e. The van der Waals surface area contributed by atoms with E-state index in [0.717, 1.165) is 43.8 Å². The van der Waals surface area contributed by atoms with Crippen molar-refractivity contribution in [2.45, 2.75) is 25.5 Å². The minimum absolute atomic E-state index is 0.0993. The molecule has 0 N–H and O–H groups in total. The van der Waals surface area contributed by atoms with Crippen LogP contribution in [0.15, 0.2) is 170 Å². The van der Waals surface area contributed by atoms with Gasteiger partial charge in [-0.25, -0.2) is 0 Å². The van der Waals surface area contributed by atoms with E-state index in [1.54, 1.807) is 0 Å². The molecule has 0 fully saturated rings. The third kappa shape index (κ3) is 6.68. The van der Waals surface area contributed by atoms with Gasteiger partial charge < -0.3 is 9.47 Å². The summed E-state index contributed by atoms with van der Waals surface area (Å²) in [6.45, 7) is 3.20. The Morgan fingerprint density at radius 1 is 0.435 bits per heavy atom. The maximum absolute atomic E-state index is 7.06. The lowest BCUT2D eigenvalue weighted by molar-refractivity contribution is 0.309. The molecule has 0 aliphatic heterocycles. The second-order valence-electron chi connectivity index (χ2n) is 11.1. The van der Waals surface area contributed by atoms with Gasteiger partial charge >= 0.3 is 0 Å². The molecule has 2 nitrogen and oxygen atoms in total. The van der Waals surface area contributed by atoms with Crippen LogP contribution in [-0.4, -0.2) is 5.40 Å². The van der Waals surface area contributed by atoms with Crippen LogP contribution >= 0.6 is 12.1 Å². The van der Waals surface area contributed by atoms with Crippen molar-refractivity contribution in [3.63, 3.8) is 0 Å². The van der Waals surface area contributed by atoms with E-state index >= 15 is 0 Å². The molecule has 0 aliphatic carbocycles. The van der Waals surface area contributed by atoms with Crippen LogP contribution in [0.1, 0.15) is 18.1 Å². The molecule has 6 aromatic rings. The van der Waals surface area contributed by atoms with Crippen molar-refractivity contribution in [1.82, 2.24) is 0 Å². The summed E-state index contributed by atoms with van der Waals surface area (Å²) in [5, 5.41) is 4.25. The van der Waals surface area contributed by atoms with E-state index in [0.29, 0.717) is 13.2 Å². The monoisotopic (exact) mass is 674 g/mol. The lowest BCUT2D eigenvalue weighted by Crippen LogP contribution is -2.32. The molecule has 0 heterocycles. The molecule has 230 valence electrons. The third-order valence-electron chi connectivity index (χ3n) is 8.25. The highest BCUT2D eigenvalue weighted by Gasteiger charge is 2.43. The van der Waals surface area contributed by atoms with Gasteiger partial charge in [0.15, 0.2) is 0 Å². The Morgan fingerprint density at radius 2 is 0.739 bits per heavy atom. The predicted octanol–water partition coefficient (Wildman–Crippen LogP) is 8.75. The average Bonchev–Trinajstić information content (AvgIpc) is 3.14. The van der Waals surface area contributed by atoms with Crippen LogP contribution in [0.25, 0.3) is 0 Å². The molecule has 0 saturated heterocycles. The number of ether oxygens (including phenoxy) is 2. The van der Waals surface area contributed by atoms with Gasteiger partial charge in [-0.3, -0.25) is 0 Å². The summed E-state index contributed by atoms with van der Waals surface area (Å²) in [5.41, 5.74) is 2.22. The van der Waals surface area contributed by atoms with Crippen molar-refractivity contribution < 1.29 is 9.47 Å². The Kier molecular flexibility index (Phi) is 10.3. The largest absolute Gasteiger partial charge is 0.488 e. The van der Waals surface area contributed by atoms with Crippen molar-refractivity contribution in [3.8, 4) is 11.5 Å². The summed E-state index contributed by atoms with van der Waals surface area (Å²) >= 11 is 14.1. The van der Waals surface area contributed by atoms with Crippen molar-refractivity contribution in [2.24, 2.45) is 0 Å². The molecule has 0 radical (unpaired) electrons. The van der Waals surface area contributed by atoms with E-state index in [2.05, 4.69) is 116 Å². The van der Waals surface area contributed by atoms with Crippen molar-refractivity contribution in [1.29, 1.82) is 0 Å². The number of rotatable bonds is 12. The number of hydrogen-bond donors (Lipinski definition) is 0. The van der Waals surface area contributed by atoms with Gasteiger partial charge in [-0.15, -0.1) is 0 Å². The van der Waals surface area contributed by atoms with Gasteiger partial charge in [0.2, 0.25) is 0 Å². The fraction of sp³-hybridized carbons (Fsp3) is 0.100. The maximum Gasteiger partial charge on any atom is 0.128 e. The van der Waals surface area contributed by atoms with Crippen LogP contribution in [0.5, 0.6) is 11.5 Å². The lowest BCUT2D eigenvalue weighted by atomic mass is 10.2. The molecule has 6 heteroatoms. The van der Waals surface area contributed by atoms with E-state index in [-0.39, 0.29) is 5.40 Å². The zero-order valence-corrected chi connectivity index (χ0v) is 29.1.